The number of aromatic nitrogens is 2. The van der Waals surface area contributed by atoms with Gasteiger partial charge in [0.25, 0.3) is 0 Å². The van der Waals surface area contributed by atoms with E-state index < -0.39 is 0 Å². The number of nitrogens with zero attached hydrogens (tertiary/aromatic N) is 2. The Morgan fingerprint density at radius 3 is 3.00 bits per heavy atom. The third kappa shape index (κ3) is 4.59. The molecule has 0 aliphatic carbocycles. The molecule has 1 fully saturated rings. The first-order valence-electron chi connectivity index (χ1n) is 7.05. The number of ether oxygens (including phenoxy) is 2. The van der Waals surface area contributed by atoms with E-state index in [1.807, 2.05) is 6.92 Å². The smallest absolute Gasteiger partial charge is 0.158 e. The molecule has 2 rings (SSSR count). The number of hydrazine groups is 1. The van der Waals surface area contributed by atoms with Crippen molar-refractivity contribution in [1.29, 1.82) is 0 Å². The Hall–Kier alpha value is -1.44. The highest BCUT2D eigenvalue weighted by Gasteiger charge is 2.15. The van der Waals surface area contributed by atoms with Crippen molar-refractivity contribution < 1.29 is 9.47 Å². The summed E-state index contributed by atoms with van der Waals surface area (Å²) in [7, 11) is 0. The Balaban J connectivity index is 1.87. The normalized spacial score (nSPS) is 18.2. The number of anilines is 2. The van der Waals surface area contributed by atoms with Crippen LogP contribution in [0.4, 0.5) is 11.6 Å². The predicted molar refractivity (Wildman–Crippen MR) is 77.2 cm³/mol. The largest absolute Gasteiger partial charge is 0.381 e. The van der Waals surface area contributed by atoms with E-state index >= 15 is 0 Å². The van der Waals surface area contributed by atoms with E-state index in [1.54, 1.807) is 6.07 Å². The van der Waals surface area contributed by atoms with Crippen molar-refractivity contribution >= 4 is 11.6 Å². The van der Waals surface area contributed by atoms with Crippen LogP contribution in [0.2, 0.25) is 0 Å². The molecule has 0 amide bonds. The fourth-order valence-corrected chi connectivity index (χ4v) is 2.13. The van der Waals surface area contributed by atoms with Gasteiger partial charge in [0.15, 0.2) is 5.82 Å². The van der Waals surface area contributed by atoms with Gasteiger partial charge in [0.1, 0.15) is 18.2 Å². The molecular formula is C13H23N5O2. The van der Waals surface area contributed by atoms with Crippen molar-refractivity contribution in [3.05, 3.63) is 11.9 Å². The van der Waals surface area contributed by atoms with Crippen molar-refractivity contribution in [3.63, 3.8) is 0 Å². The zero-order valence-electron chi connectivity index (χ0n) is 11.9. The lowest BCUT2D eigenvalue weighted by Gasteiger charge is -2.11. The van der Waals surface area contributed by atoms with Crippen molar-refractivity contribution in [2.75, 3.05) is 37.1 Å². The van der Waals surface area contributed by atoms with Crippen molar-refractivity contribution in [2.45, 2.75) is 26.4 Å². The first kappa shape index (κ1) is 15.0. The Morgan fingerprint density at radius 2 is 2.30 bits per heavy atom. The molecule has 4 N–H and O–H groups in total. The third-order valence-corrected chi connectivity index (χ3v) is 3.24. The van der Waals surface area contributed by atoms with Gasteiger partial charge in [-0.1, -0.05) is 0 Å². The molecule has 1 aliphatic heterocycles. The van der Waals surface area contributed by atoms with E-state index in [-0.39, 0.29) is 0 Å². The Morgan fingerprint density at radius 1 is 1.45 bits per heavy atom. The van der Waals surface area contributed by atoms with Gasteiger partial charge in [-0.2, -0.15) is 0 Å². The number of hydrogen-bond acceptors (Lipinski definition) is 7. The number of nitrogens with one attached hydrogen (secondary N) is 2. The fraction of sp³-hybridized carbons (Fsp3) is 0.692. The summed E-state index contributed by atoms with van der Waals surface area (Å²) in [5.74, 6) is 8.04. The first-order chi connectivity index (χ1) is 9.81. The second-order valence-corrected chi connectivity index (χ2v) is 4.78. The maximum Gasteiger partial charge on any atom is 0.158 e. The highest BCUT2D eigenvalue weighted by molar-refractivity contribution is 5.46. The molecule has 1 unspecified atom stereocenters. The van der Waals surface area contributed by atoms with Gasteiger partial charge in [-0.3, -0.25) is 0 Å². The molecule has 0 spiro atoms. The number of rotatable bonds is 8. The molecule has 20 heavy (non-hydrogen) atoms. The summed E-state index contributed by atoms with van der Waals surface area (Å²) in [6.07, 6.45) is 2.23. The average molecular weight is 281 g/mol. The quantitative estimate of drug-likeness (QED) is 0.486. The Kier molecular flexibility index (Phi) is 5.97. The van der Waals surface area contributed by atoms with E-state index in [9.17, 15) is 0 Å². The van der Waals surface area contributed by atoms with Crippen LogP contribution in [0.15, 0.2) is 6.07 Å². The predicted octanol–water partition coefficient (Wildman–Crippen LogP) is 1.14. The highest BCUT2D eigenvalue weighted by Crippen LogP contribution is 2.17. The molecule has 112 valence electrons. The second kappa shape index (κ2) is 7.98. The second-order valence-electron chi connectivity index (χ2n) is 4.78. The van der Waals surface area contributed by atoms with Crippen LogP contribution in [0.3, 0.4) is 0 Å². The van der Waals surface area contributed by atoms with Gasteiger partial charge in [0.05, 0.1) is 0 Å². The monoisotopic (exact) mass is 281 g/mol. The SMILES string of the molecule is CCOCc1nc(NN)cc(NCCC2CCOC2)n1. The molecule has 1 saturated heterocycles. The van der Waals surface area contributed by atoms with Gasteiger partial charge in [0, 0.05) is 32.4 Å². The van der Waals surface area contributed by atoms with Crippen molar-refractivity contribution in [3.8, 4) is 0 Å². The molecule has 1 aliphatic rings. The first-order valence-corrected chi connectivity index (χ1v) is 7.05. The summed E-state index contributed by atoms with van der Waals surface area (Å²) in [6, 6.07) is 1.79. The van der Waals surface area contributed by atoms with Crippen LogP contribution in [-0.4, -0.2) is 36.3 Å². The number of hydrogen-bond donors (Lipinski definition) is 3. The van der Waals surface area contributed by atoms with Gasteiger partial charge < -0.3 is 20.2 Å². The molecule has 7 heteroatoms. The van der Waals surface area contributed by atoms with Crippen LogP contribution in [0.25, 0.3) is 0 Å². The van der Waals surface area contributed by atoms with E-state index in [0.29, 0.717) is 30.8 Å². The van der Waals surface area contributed by atoms with Gasteiger partial charge in [-0.15, -0.1) is 0 Å². The summed E-state index contributed by atoms with van der Waals surface area (Å²) in [6.45, 7) is 5.58. The van der Waals surface area contributed by atoms with Gasteiger partial charge in [-0.05, 0) is 25.7 Å². The summed E-state index contributed by atoms with van der Waals surface area (Å²) in [5.41, 5.74) is 2.55. The Bertz CT molecular complexity index is 410. The van der Waals surface area contributed by atoms with Crippen LogP contribution in [0, 0.1) is 5.92 Å². The van der Waals surface area contributed by atoms with Crippen molar-refractivity contribution in [1.82, 2.24) is 9.97 Å². The summed E-state index contributed by atoms with van der Waals surface area (Å²) in [5, 5.41) is 3.31. The van der Waals surface area contributed by atoms with Gasteiger partial charge in [-0.25, -0.2) is 15.8 Å². The molecule has 1 aromatic rings. The fourth-order valence-electron chi connectivity index (χ4n) is 2.13. The minimum Gasteiger partial charge on any atom is -0.381 e. The summed E-state index contributed by atoms with van der Waals surface area (Å²) in [4.78, 5) is 8.65. The molecule has 0 radical (unpaired) electrons. The minimum atomic E-state index is 0.386. The van der Waals surface area contributed by atoms with E-state index in [0.717, 1.165) is 38.4 Å². The zero-order valence-corrected chi connectivity index (χ0v) is 11.9. The van der Waals surface area contributed by atoms with Gasteiger partial charge in [0.2, 0.25) is 0 Å². The molecule has 0 bridgehead atoms. The third-order valence-electron chi connectivity index (χ3n) is 3.24. The van der Waals surface area contributed by atoms with Crippen LogP contribution >= 0.6 is 0 Å². The van der Waals surface area contributed by atoms with Crippen LogP contribution in [0.1, 0.15) is 25.6 Å². The topological polar surface area (TPSA) is 94.3 Å². The lowest BCUT2D eigenvalue weighted by Crippen LogP contribution is -2.14. The minimum absolute atomic E-state index is 0.386. The van der Waals surface area contributed by atoms with E-state index in [2.05, 4.69) is 20.7 Å². The average Bonchev–Trinajstić information content (AvgIpc) is 2.98. The van der Waals surface area contributed by atoms with Crippen molar-refractivity contribution in [2.24, 2.45) is 11.8 Å². The molecule has 0 saturated carbocycles. The summed E-state index contributed by atoms with van der Waals surface area (Å²) >= 11 is 0. The van der Waals surface area contributed by atoms with Gasteiger partial charge >= 0.3 is 0 Å². The Labute approximate surface area is 119 Å². The standard InChI is InChI=1S/C13H23N5O2/c1-2-19-9-13-16-11(7-12(17-13)18-14)15-5-3-10-4-6-20-8-10/h7,10H,2-6,8-9,14H2,1H3,(H2,15,16,17,18). The van der Waals surface area contributed by atoms with Crippen LogP contribution in [-0.2, 0) is 16.1 Å². The molecule has 2 heterocycles. The maximum atomic E-state index is 5.42. The number of nitrogen functional groups attached to an aromatic ring is 1. The lowest BCUT2D eigenvalue weighted by molar-refractivity contribution is 0.128. The molecule has 1 aromatic heterocycles. The maximum absolute atomic E-state index is 5.42. The zero-order chi connectivity index (χ0) is 14.2. The summed E-state index contributed by atoms with van der Waals surface area (Å²) < 4.78 is 10.7. The molecule has 0 aromatic carbocycles. The molecule has 1 atom stereocenters. The van der Waals surface area contributed by atoms with Crippen LogP contribution in [0.5, 0.6) is 0 Å². The van der Waals surface area contributed by atoms with E-state index in [4.69, 9.17) is 15.3 Å². The number of nitrogens with two attached hydrogens (primary N) is 1. The molecule has 7 nitrogen and oxygen atoms in total. The molecular weight excluding hydrogens is 258 g/mol. The lowest BCUT2D eigenvalue weighted by atomic mass is 10.1. The van der Waals surface area contributed by atoms with Crippen LogP contribution < -0.4 is 16.6 Å². The highest BCUT2D eigenvalue weighted by atomic mass is 16.5. The van der Waals surface area contributed by atoms with E-state index in [1.165, 1.54) is 0 Å².